The molecule has 0 heterocycles. The minimum Gasteiger partial charge on any atom is -0.493 e. The summed E-state index contributed by atoms with van der Waals surface area (Å²) >= 11 is 11.1. The molecule has 1 aromatic carbocycles. The molecular formula is C12H14Cl2O3. The van der Waals surface area contributed by atoms with Crippen molar-refractivity contribution in [1.29, 1.82) is 0 Å². The van der Waals surface area contributed by atoms with Gasteiger partial charge in [0.25, 0.3) is 0 Å². The van der Waals surface area contributed by atoms with Crippen molar-refractivity contribution >= 4 is 23.2 Å². The molecule has 0 bridgehead atoms. The summed E-state index contributed by atoms with van der Waals surface area (Å²) in [6.45, 7) is 1.86. The third-order valence-corrected chi connectivity index (χ3v) is 2.75. The lowest BCUT2D eigenvalue weighted by Gasteiger charge is -2.12. The van der Waals surface area contributed by atoms with Crippen LogP contribution in [0.25, 0.3) is 0 Å². The van der Waals surface area contributed by atoms with Crippen LogP contribution in [0.2, 0.25) is 0 Å². The normalized spacial score (nSPS) is 13.4. The Bertz CT molecular complexity index is 403. The average molecular weight is 277 g/mol. The highest BCUT2D eigenvalue weighted by Gasteiger charge is 2.09. The van der Waals surface area contributed by atoms with E-state index in [1.165, 1.54) is 12.6 Å². The molecule has 5 heteroatoms. The highest BCUT2D eigenvalue weighted by atomic mass is 35.5. The van der Waals surface area contributed by atoms with E-state index in [2.05, 4.69) is 0 Å². The zero-order valence-corrected chi connectivity index (χ0v) is 11.1. The zero-order valence-electron chi connectivity index (χ0n) is 9.61. The zero-order chi connectivity index (χ0) is 12.8. The van der Waals surface area contributed by atoms with Crippen molar-refractivity contribution < 1.29 is 14.6 Å². The molecule has 0 fully saturated rings. The minimum atomic E-state index is -0.552. The monoisotopic (exact) mass is 276 g/mol. The molecular weight excluding hydrogens is 263 g/mol. The first-order valence-electron chi connectivity index (χ1n) is 5.02. The fourth-order valence-corrected chi connectivity index (χ4v) is 1.36. The standard InChI is InChI=1S/C12H14Cl2O3/c1-8(15)9-3-4-11(12(5-9)16-2)17-7-10(14)6-13/h3-6,8,15H,7H2,1-2H3/t8-/m1/s1. The van der Waals surface area contributed by atoms with Crippen LogP contribution in [0.4, 0.5) is 0 Å². The van der Waals surface area contributed by atoms with Gasteiger partial charge in [-0.1, -0.05) is 29.3 Å². The van der Waals surface area contributed by atoms with Crippen LogP contribution in [0.15, 0.2) is 28.8 Å². The topological polar surface area (TPSA) is 38.7 Å². The first kappa shape index (κ1) is 14.2. The van der Waals surface area contributed by atoms with E-state index in [4.69, 9.17) is 32.7 Å². The number of aliphatic hydroxyl groups excluding tert-OH is 1. The van der Waals surface area contributed by atoms with Gasteiger partial charge in [-0.3, -0.25) is 0 Å². The fourth-order valence-electron chi connectivity index (χ4n) is 1.24. The Balaban J connectivity index is 2.85. The molecule has 0 saturated carbocycles. The van der Waals surface area contributed by atoms with Gasteiger partial charge in [0, 0.05) is 5.54 Å². The number of benzene rings is 1. The number of hydrogen-bond acceptors (Lipinski definition) is 3. The van der Waals surface area contributed by atoms with Crippen molar-refractivity contribution in [2.24, 2.45) is 0 Å². The summed E-state index contributed by atoms with van der Waals surface area (Å²) < 4.78 is 10.6. The molecule has 0 amide bonds. The average Bonchev–Trinajstić information content (AvgIpc) is 2.35. The Morgan fingerprint density at radius 2 is 2.18 bits per heavy atom. The molecule has 0 spiro atoms. The number of rotatable bonds is 5. The molecule has 0 aliphatic heterocycles. The lowest BCUT2D eigenvalue weighted by molar-refractivity contribution is 0.198. The van der Waals surface area contributed by atoms with Crippen LogP contribution in [0.3, 0.4) is 0 Å². The largest absolute Gasteiger partial charge is 0.493 e. The predicted octanol–water partition coefficient (Wildman–Crippen LogP) is 3.45. The van der Waals surface area contributed by atoms with E-state index in [1.807, 2.05) is 0 Å². The van der Waals surface area contributed by atoms with E-state index < -0.39 is 6.10 Å². The van der Waals surface area contributed by atoms with Crippen LogP contribution in [-0.4, -0.2) is 18.8 Å². The van der Waals surface area contributed by atoms with Gasteiger partial charge in [-0.15, -0.1) is 0 Å². The molecule has 0 unspecified atom stereocenters. The first-order valence-corrected chi connectivity index (χ1v) is 5.83. The third kappa shape index (κ3) is 4.11. The van der Waals surface area contributed by atoms with E-state index in [0.717, 1.165) is 5.56 Å². The van der Waals surface area contributed by atoms with Crippen LogP contribution in [0, 0.1) is 0 Å². The van der Waals surface area contributed by atoms with Crippen LogP contribution in [0.5, 0.6) is 11.5 Å². The molecule has 0 saturated heterocycles. The maximum atomic E-state index is 9.45. The molecule has 0 aromatic heterocycles. The molecule has 0 aliphatic rings. The molecule has 1 rings (SSSR count). The van der Waals surface area contributed by atoms with E-state index in [0.29, 0.717) is 16.5 Å². The van der Waals surface area contributed by atoms with Crippen LogP contribution in [0.1, 0.15) is 18.6 Å². The maximum absolute atomic E-state index is 9.45. The summed E-state index contributed by atoms with van der Waals surface area (Å²) in [4.78, 5) is 0. The second-order valence-corrected chi connectivity index (χ2v) is 4.13. The van der Waals surface area contributed by atoms with E-state index in [-0.39, 0.29) is 6.61 Å². The van der Waals surface area contributed by atoms with Crippen molar-refractivity contribution in [2.45, 2.75) is 13.0 Å². The van der Waals surface area contributed by atoms with Gasteiger partial charge < -0.3 is 14.6 Å². The quantitative estimate of drug-likeness (QED) is 0.895. The van der Waals surface area contributed by atoms with Crippen molar-refractivity contribution in [1.82, 2.24) is 0 Å². The molecule has 1 N–H and O–H groups in total. The fraction of sp³-hybridized carbons (Fsp3) is 0.333. The number of halogens is 2. The van der Waals surface area contributed by atoms with Gasteiger partial charge in [0.05, 0.1) is 18.2 Å². The molecule has 3 nitrogen and oxygen atoms in total. The molecule has 17 heavy (non-hydrogen) atoms. The smallest absolute Gasteiger partial charge is 0.161 e. The van der Waals surface area contributed by atoms with Crippen molar-refractivity contribution in [2.75, 3.05) is 13.7 Å². The van der Waals surface area contributed by atoms with Gasteiger partial charge >= 0.3 is 0 Å². The van der Waals surface area contributed by atoms with Gasteiger partial charge in [0.2, 0.25) is 0 Å². The van der Waals surface area contributed by atoms with Crippen LogP contribution >= 0.6 is 23.2 Å². The highest BCUT2D eigenvalue weighted by molar-refractivity contribution is 6.36. The first-order chi connectivity index (χ1) is 8.08. The van der Waals surface area contributed by atoms with Gasteiger partial charge in [0.15, 0.2) is 11.5 Å². The summed E-state index contributed by atoms with van der Waals surface area (Å²) in [5.41, 5.74) is 2.01. The summed E-state index contributed by atoms with van der Waals surface area (Å²) in [6.07, 6.45) is -0.552. The molecule has 1 aromatic rings. The Labute approximate surface area is 111 Å². The second kappa shape index (κ2) is 6.74. The predicted molar refractivity (Wildman–Crippen MR) is 68.9 cm³/mol. The third-order valence-electron chi connectivity index (χ3n) is 2.15. The Hall–Kier alpha value is -0.900. The maximum Gasteiger partial charge on any atom is 0.161 e. The summed E-state index contributed by atoms with van der Waals surface area (Å²) in [5.74, 6) is 1.09. The van der Waals surface area contributed by atoms with E-state index in [1.54, 1.807) is 25.1 Å². The van der Waals surface area contributed by atoms with Crippen molar-refractivity contribution in [3.05, 3.63) is 34.3 Å². The molecule has 0 radical (unpaired) electrons. The molecule has 1 atom stereocenters. The van der Waals surface area contributed by atoms with Crippen LogP contribution in [-0.2, 0) is 0 Å². The highest BCUT2D eigenvalue weighted by Crippen LogP contribution is 2.30. The Morgan fingerprint density at radius 1 is 1.47 bits per heavy atom. The van der Waals surface area contributed by atoms with Gasteiger partial charge in [-0.05, 0) is 24.6 Å². The lowest BCUT2D eigenvalue weighted by atomic mass is 10.1. The lowest BCUT2D eigenvalue weighted by Crippen LogP contribution is -2.00. The Kier molecular flexibility index (Phi) is 5.62. The van der Waals surface area contributed by atoms with E-state index >= 15 is 0 Å². The van der Waals surface area contributed by atoms with Crippen molar-refractivity contribution in [3.8, 4) is 11.5 Å². The SMILES string of the molecule is COc1cc([C@@H](C)O)ccc1OCC(Cl)=CCl. The van der Waals surface area contributed by atoms with Gasteiger partial charge in [-0.25, -0.2) is 0 Å². The number of methoxy groups -OCH3 is 1. The van der Waals surface area contributed by atoms with Gasteiger partial charge in [0.1, 0.15) is 6.61 Å². The second-order valence-electron chi connectivity index (χ2n) is 3.43. The summed E-state index contributed by atoms with van der Waals surface area (Å²) in [5, 5.41) is 9.84. The number of hydrogen-bond donors (Lipinski definition) is 1. The summed E-state index contributed by atoms with van der Waals surface area (Å²) in [7, 11) is 1.53. The Morgan fingerprint density at radius 3 is 2.71 bits per heavy atom. The molecule has 0 aliphatic carbocycles. The van der Waals surface area contributed by atoms with Gasteiger partial charge in [-0.2, -0.15) is 0 Å². The minimum absolute atomic E-state index is 0.176. The number of aliphatic hydroxyl groups is 1. The van der Waals surface area contributed by atoms with E-state index in [9.17, 15) is 5.11 Å². The van der Waals surface area contributed by atoms with Crippen LogP contribution < -0.4 is 9.47 Å². The number of ether oxygens (including phenoxy) is 2. The molecule has 94 valence electrons. The van der Waals surface area contributed by atoms with Crippen molar-refractivity contribution in [3.63, 3.8) is 0 Å². The summed E-state index contributed by atoms with van der Waals surface area (Å²) in [6, 6.07) is 5.21.